The van der Waals surface area contributed by atoms with Gasteiger partial charge in [-0.2, -0.15) is 0 Å². The van der Waals surface area contributed by atoms with Gasteiger partial charge < -0.3 is 10.4 Å². The van der Waals surface area contributed by atoms with Gasteiger partial charge in [-0.3, -0.25) is 0 Å². The van der Waals surface area contributed by atoms with E-state index in [-0.39, 0.29) is 6.10 Å². The molecule has 1 aliphatic carbocycles. The molecule has 1 rings (SSSR count). The molecule has 2 heteroatoms. The van der Waals surface area contributed by atoms with Gasteiger partial charge in [-0.15, -0.1) is 0 Å². The monoisotopic (exact) mass is 171 g/mol. The van der Waals surface area contributed by atoms with Crippen LogP contribution in [-0.4, -0.2) is 24.3 Å². The van der Waals surface area contributed by atoms with Crippen molar-refractivity contribution in [1.82, 2.24) is 5.32 Å². The van der Waals surface area contributed by atoms with Crippen molar-refractivity contribution in [3.8, 4) is 0 Å². The van der Waals surface area contributed by atoms with Crippen molar-refractivity contribution in [2.75, 3.05) is 13.1 Å². The zero-order chi connectivity index (χ0) is 8.81. The second-order valence-corrected chi connectivity index (χ2v) is 3.83. The molecule has 12 heavy (non-hydrogen) atoms. The maximum Gasteiger partial charge on any atom is 0.0549 e. The van der Waals surface area contributed by atoms with Crippen LogP contribution in [0.15, 0.2) is 0 Å². The number of nitrogens with one attached hydrogen (secondary N) is 1. The average Bonchev–Trinajstić information content (AvgIpc) is 2.87. The molecular weight excluding hydrogens is 150 g/mol. The lowest BCUT2D eigenvalue weighted by atomic mass is 10.2. The van der Waals surface area contributed by atoms with E-state index in [2.05, 4.69) is 5.32 Å². The van der Waals surface area contributed by atoms with Gasteiger partial charge in [0.1, 0.15) is 0 Å². The molecule has 0 radical (unpaired) electrons. The summed E-state index contributed by atoms with van der Waals surface area (Å²) in [6, 6.07) is 0. The summed E-state index contributed by atoms with van der Waals surface area (Å²) >= 11 is 0. The molecule has 0 spiro atoms. The van der Waals surface area contributed by atoms with Crippen LogP contribution in [0.3, 0.4) is 0 Å². The normalized spacial score (nSPS) is 19.5. The molecule has 0 aliphatic heterocycles. The number of hydrogen-bond donors (Lipinski definition) is 2. The Labute approximate surface area is 75.4 Å². The largest absolute Gasteiger partial charge is 0.393 e. The predicted molar refractivity (Wildman–Crippen MR) is 51.1 cm³/mol. The third-order valence-corrected chi connectivity index (χ3v) is 2.55. The summed E-state index contributed by atoms with van der Waals surface area (Å²) in [5.41, 5.74) is 0. The number of aliphatic hydroxyl groups is 1. The van der Waals surface area contributed by atoms with Gasteiger partial charge in [-0.05, 0) is 38.3 Å². The highest BCUT2D eigenvalue weighted by molar-refractivity contribution is 4.73. The molecule has 1 fully saturated rings. The molecule has 0 saturated heterocycles. The first-order valence-electron chi connectivity index (χ1n) is 5.21. The highest BCUT2D eigenvalue weighted by Gasteiger charge is 2.19. The molecule has 0 bridgehead atoms. The van der Waals surface area contributed by atoms with Gasteiger partial charge in [-0.25, -0.2) is 0 Å². The van der Waals surface area contributed by atoms with E-state index in [9.17, 15) is 5.11 Å². The highest BCUT2D eigenvalue weighted by atomic mass is 16.3. The summed E-state index contributed by atoms with van der Waals surface area (Å²) in [7, 11) is 0. The average molecular weight is 171 g/mol. The van der Waals surface area contributed by atoms with Crippen LogP contribution in [0, 0.1) is 5.92 Å². The van der Waals surface area contributed by atoms with E-state index in [1.807, 2.05) is 6.92 Å². The summed E-state index contributed by atoms with van der Waals surface area (Å²) < 4.78 is 0. The molecule has 0 aromatic carbocycles. The zero-order valence-corrected chi connectivity index (χ0v) is 8.05. The molecule has 1 saturated carbocycles. The molecule has 1 unspecified atom stereocenters. The molecular formula is C10H21NO. The molecule has 1 atom stereocenters. The topological polar surface area (TPSA) is 32.3 Å². The Morgan fingerprint density at radius 3 is 2.75 bits per heavy atom. The molecule has 0 aromatic rings. The quantitative estimate of drug-likeness (QED) is 0.569. The van der Waals surface area contributed by atoms with E-state index in [1.54, 1.807) is 0 Å². The van der Waals surface area contributed by atoms with E-state index in [0.29, 0.717) is 0 Å². The van der Waals surface area contributed by atoms with Crippen LogP contribution in [0.25, 0.3) is 0 Å². The van der Waals surface area contributed by atoms with Gasteiger partial charge in [0.2, 0.25) is 0 Å². The maximum absolute atomic E-state index is 9.24. The van der Waals surface area contributed by atoms with Crippen LogP contribution in [-0.2, 0) is 0 Å². The Morgan fingerprint density at radius 1 is 1.42 bits per heavy atom. The van der Waals surface area contributed by atoms with Gasteiger partial charge in [0, 0.05) is 0 Å². The van der Waals surface area contributed by atoms with Gasteiger partial charge in [0.15, 0.2) is 0 Å². The summed E-state index contributed by atoms with van der Waals surface area (Å²) in [5.74, 6) is 1.02. The molecule has 0 heterocycles. The van der Waals surface area contributed by atoms with Crippen LogP contribution >= 0.6 is 0 Å². The summed E-state index contributed by atoms with van der Waals surface area (Å²) in [5, 5.41) is 12.6. The minimum absolute atomic E-state index is 0.0987. The lowest BCUT2D eigenvalue weighted by molar-refractivity contribution is 0.160. The first kappa shape index (κ1) is 10.0. The molecule has 0 aromatic heterocycles. The van der Waals surface area contributed by atoms with Crippen molar-refractivity contribution in [3.05, 3.63) is 0 Å². The molecule has 0 amide bonds. The lowest BCUT2D eigenvalue weighted by Gasteiger charge is -2.07. The SMILES string of the molecule is CCC(O)CCNCCC1CC1. The Balaban J connectivity index is 1.75. The van der Waals surface area contributed by atoms with Crippen molar-refractivity contribution in [2.24, 2.45) is 5.92 Å². The molecule has 2 N–H and O–H groups in total. The third-order valence-electron chi connectivity index (χ3n) is 2.55. The van der Waals surface area contributed by atoms with Crippen LogP contribution in [0.4, 0.5) is 0 Å². The van der Waals surface area contributed by atoms with Gasteiger partial charge in [0.05, 0.1) is 6.10 Å². The van der Waals surface area contributed by atoms with Crippen molar-refractivity contribution in [1.29, 1.82) is 0 Å². The van der Waals surface area contributed by atoms with E-state index < -0.39 is 0 Å². The third kappa shape index (κ3) is 4.73. The van der Waals surface area contributed by atoms with Crippen molar-refractivity contribution in [2.45, 2.75) is 45.1 Å². The summed E-state index contributed by atoms with van der Waals surface area (Å²) in [6.07, 6.45) is 5.91. The number of hydrogen-bond acceptors (Lipinski definition) is 2. The Hall–Kier alpha value is -0.0800. The van der Waals surface area contributed by atoms with Crippen LogP contribution in [0.2, 0.25) is 0 Å². The summed E-state index contributed by atoms with van der Waals surface area (Å²) in [4.78, 5) is 0. The second-order valence-electron chi connectivity index (χ2n) is 3.83. The first-order chi connectivity index (χ1) is 5.83. The van der Waals surface area contributed by atoms with Crippen molar-refractivity contribution >= 4 is 0 Å². The number of aliphatic hydroxyl groups excluding tert-OH is 1. The van der Waals surface area contributed by atoms with Gasteiger partial charge in [0.25, 0.3) is 0 Å². The van der Waals surface area contributed by atoms with Gasteiger partial charge >= 0.3 is 0 Å². The second kappa shape index (κ2) is 5.55. The Kier molecular flexibility index (Phi) is 4.62. The lowest BCUT2D eigenvalue weighted by Crippen LogP contribution is -2.21. The zero-order valence-electron chi connectivity index (χ0n) is 8.05. The predicted octanol–water partition coefficient (Wildman–Crippen LogP) is 1.54. The standard InChI is InChI=1S/C10H21NO/c1-2-10(12)6-8-11-7-5-9-3-4-9/h9-12H,2-8H2,1H3. The Morgan fingerprint density at radius 2 is 2.17 bits per heavy atom. The smallest absolute Gasteiger partial charge is 0.0549 e. The molecule has 1 aliphatic rings. The fourth-order valence-corrected chi connectivity index (χ4v) is 1.31. The van der Waals surface area contributed by atoms with Gasteiger partial charge in [-0.1, -0.05) is 19.8 Å². The molecule has 2 nitrogen and oxygen atoms in total. The molecule has 72 valence electrons. The summed E-state index contributed by atoms with van der Waals surface area (Å²) in [6.45, 7) is 4.14. The van der Waals surface area contributed by atoms with Crippen molar-refractivity contribution < 1.29 is 5.11 Å². The van der Waals surface area contributed by atoms with Crippen LogP contribution in [0.1, 0.15) is 39.0 Å². The fourth-order valence-electron chi connectivity index (χ4n) is 1.31. The minimum Gasteiger partial charge on any atom is -0.393 e. The van der Waals surface area contributed by atoms with E-state index >= 15 is 0 Å². The first-order valence-corrected chi connectivity index (χ1v) is 5.21. The van der Waals surface area contributed by atoms with E-state index in [0.717, 1.165) is 31.8 Å². The minimum atomic E-state index is -0.0987. The highest BCUT2D eigenvalue weighted by Crippen LogP contribution is 2.31. The van der Waals surface area contributed by atoms with E-state index in [4.69, 9.17) is 0 Å². The van der Waals surface area contributed by atoms with Crippen LogP contribution < -0.4 is 5.32 Å². The van der Waals surface area contributed by atoms with Crippen LogP contribution in [0.5, 0.6) is 0 Å². The van der Waals surface area contributed by atoms with Crippen molar-refractivity contribution in [3.63, 3.8) is 0 Å². The number of rotatable bonds is 7. The fraction of sp³-hybridized carbons (Fsp3) is 1.00. The van der Waals surface area contributed by atoms with E-state index in [1.165, 1.54) is 19.3 Å². The Bertz CT molecular complexity index is 112. The maximum atomic E-state index is 9.24.